The summed E-state index contributed by atoms with van der Waals surface area (Å²) in [4.78, 5) is -0.345. The zero-order chi connectivity index (χ0) is 14.8. The summed E-state index contributed by atoms with van der Waals surface area (Å²) in [6, 6.07) is 5.60. The topological polar surface area (TPSA) is 49.4 Å². The number of halogens is 3. The Labute approximate surface area is 115 Å². The maximum atomic E-state index is 13.2. The Balaban J connectivity index is 2.41. The summed E-state index contributed by atoms with van der Waals surface area (Å²) in [6.45, 7) is 0.610. The van der Waals surface area contributed by atoms with Crippen LogP contribution in [0.15, 0.2) is 35.2 Å². The molecule has 1 unspecified atom stereocenters. The van der Waals surface area contributed by atoms with Gasteiger partial charge in [0, 0.05) is 12.6 Å². The number of benzene rings is 1. The van der Waals surface area contributed by atoms with Crippen molar-refractivity contribution in [2.75, 3.05) is 13.1 Å². The largest absolute Gasteiger partial charge is 0.473 e. The summed E-state index contributed by atoms with van der Waals surface area (Å²) in [7, 11) is -4.59. The van der Waals surface area contributed by atoms with Crippen molar-refractivity contribution in [2.24, 2.45) is 0 Å². The predicted octanol–water partition coefficient (Wildman–Crippen LogP) is 1.95. The zero-order valence-electron chi connectivity index (χ0n) is 10.6. The average molecular weight is 308 g/mol. The van der Waals surface area contributed by atoms with Crippen molar-refractivity contribution in [3.8, 4) is 0 Å². The van der Waals surface area contributed by atoms with E-state index in [9.17, 15) is 21.6 Å². The van der Waals surface area contributed by atoms with Gasteiger partial charge in [-0.3, -0.25) is 0 Å². The summed E-state index contributed by atoms with van der Waals surface area (Å²) < 4.78 is 63.8. The quantitative estimate of drug-likeness (QED) is 0.868. The van der Waals surface area contributed by atoms with E-state index in [2.05, 4.69) is 5.32 Å². The second kappa shape index (κ2) is 5.71. The maximum Gasteiger partial charge on any atom is 0.473 e. The summed E-state index contributed by atoms with van der Waals surface area (Å²) in [6.07, 6.45) is -4.22. The molecule has 1 aromatic carbocycles. The van der Waals surface area contributed by atoms with Crippen molar-refractivity contribution in [1.29, 1.82) is 0 Å². The van der Waals surface area contributed by atoms with Gasteiger partial charge in [0.2, 0.25) is 10.0 Å². The molecule has 8 heteroatoms. The second-order valence-electron chi connectivity index (χ2n) is 4.58. The lowest BCUT2D eigenvalue weighted by atomic mass is 10.1. The van der Waals surface area contributed by atoms with E-state index in [1.807, 2.05) is 0 Å². The Bertz CT molecular complexity index is 540. The SMILES string of the molecule is O=S(=O)(c1ccccc1)N(C1CCCNC1)C(F)(F)F. The monoisotopic (exact) mass is 308 g/mol. The van der Waals surface area contributed by atoms with Crippen LogP contribution in [-0.2, 0) is 10.0 Å². The van der Waals surface area contributed by atoms with Crippen molar-refractivity contribution in [3.05, 3.63) is 30.3 Å². The van der Waals surface area contributed by atoms with Gasteiger partial charge in [-0.2, -0.15) is 13.2 Å². The molecule has 0 aliphatic carbocycles. The average Bonchev–Trinajstić information content (AvgIpc) is 2.39. The van der Waals surface area contributed by atoms with Crippen LogP contribution >= 0.6 is 0 Å². The van der Waals surface area contributed by atoms with Gasteiger partial charge in [0.15, 0.2) is 0 Å². The van der Waals surface area contributed by atoms with Crippen molar-refractivity contribution in [1.82, 2.24) is 9.62 Å². The molecule has 1 saturated heterocycles. The van der Waals surface area contributed by atoms with Crippen LogP contribution in [0.2, 0.25) is 0 Å². The highest BCUT2D eigenvalue weighted by Gasteiger charge is 2.50. The Morgan fingerprint density at radius 1 is 1.20 bits per heavy atom. The van der Waals surface area contributed by atoms with Crippen LogP contribution in [-0.4, -0.2) is 38.2 Å². The molecule has 112 valence electrons. The molecule has 1 heterocycles. The zero-order valence-corrected chi connectivity index (χ0v) is 11.4. The van der Waals surface area contributed by atoms with Gasteiger partial charge in [-0.25, -0.2) is 8.42 Å². The first-order valence-electron chi connectivity index (χ1n) is 6.20. The van der Waals surface area contributed by atoms with Gasteiger partial charge >= 0.3 is 6.30 Å². The first-order valence-corrected chi connectivity index (χ1v) is 7.64. The first-order chi connectivity index (χ1) is 9.33. The molecule has 1 fully saturated rings. The fourth-order valence-electron chi connectivity index (χ4n) is 2.28. The summed E-state index contributed by atoms with van der Waals surface area (Å²) in [5.74, 6) is 0. The van der Waals surface area contributed by atoms with Gasteiger partial charge < -0.3 is 5.32 Å². The van der Waals surface area contributed by atoms with E-state index in [0.717, 1.165) is 0 Å². The number of sulfonamides is 1. The van der Waals surface area contributed by atoms with Crippen LogP contribution in [0.1, 0.15) is 12.8 Å². The van der Waals surface area contributed by atoms with Crippen molar-refractivity contribution < 1.29 is 21.6 Å². The maximum absolute atomic E-state index is 13.2. The fourth-order valence-corrected chi connectivity index (χ4v) is 3.85. The number of hydrogen-bond acceptors (Lipinski definition) is 3. The van der Waals surface area contributed by atoms with Gasteiger partial charge in [-0.1, -0.05) is 18.2 Å². The van der Waals surface area contributed by atoms with Crippen LogP contribution in [0.3, 0.4) is 0 Å². The van der Waals surface area contributed by atoms with Gasteiger partial charge in [-0.15, -0.1) is 4.31 Å². The summed E-state index contributed by atoms with van der Waals surface area (Å²) >= 11 is 0. The molecule has 0 amide bonds. The number of piperidine rings is 1. The fraction of sp³-hybridized carbons (Fsp3) is 0.500. The molecule has 0 spiro atoms. The number of nitrogens with one attached hydrogen (secondary N) is 1. The molecule has 1 aliphatic rings. The number of nitrogens with zero attached hydrogens (tertiary/aromatic N) is 1. The predicted molar refractivity (Wildman–Crippen MR) is 67.4 cm³/mol. The van der Waals surface area contributed by atoms with Gasteiger partial charge in [0.05, 0.1) is 4.90 Å². The molecule has 1 atom stereocenters. The van der Waals surface area contributed by atoms with E-state index < -0.39 is 22.4 Å². The number of rotatable bonds is 3. The van der Waals surface area contributed by atoms with Crippen LogP contribution in [0.4, 0.5) is 13.2 Å². The molecule has 0 aromatic heterocycles. The van der Waals surface area contributed by atoms with E-state index in [1.165, 1.54) is 24.3 Å². The molecule has 2 rings (SSSR count). The highest BCUT2D eigenvalue weighted by molar-refractivity contribution is 7.89. The van der Waals surface area contributed by atoms with Gasteiger partial charge in [-0.05, 0) is 31.5 Å². The Morgan fingerprint density at radius 2 is 1.85 bits per heavy atom. The number of hydrogen-bond donors (Lipinski definition) is 1. The molecule has 0 bridgehead atoms. The summed E-state index contributed by atoms with van der Waals surface area (Å²) in [5.41, 5.74) is 0. The highest BCUT2D eigenvalue weighted by Crippen LogP contribution is 2.33. The lowest BCUT2D eigenvalue weighted by Crippen LogP contribution is -2.54. The normalized spacial score (nSPS) is 21.1. The summed E-state index contributed by atoms with van der Waals surface area (Å²) in [5, 5.41) is 2.80. The van der Waals surface area contributed by atoms with Crippen LogP contribution in [0, 0.1) is 0 Å². The van der Waals surface area contributed by atoms with E-state index in [0.29, 0.717) is 13.0 Å². The van der Waals surface area contributed by atoms with E-state index in [1.54, 1.807) is 6.07 Å². The third kappa shape index (κ3) is 3.13. The molecule has 0 radical (unpaired) electrons. The molecular weight excluding hydrogens is 293 g/mol. The third-order valence-corrected chi connectivity index (χ3v) is 5.04. The van der Waals surface area contributed by atoms with E-state index in [4.69, 9.17) is 0 Å². The van der Waals surface area contributed by atoms with Crippen molar-refractivity contribution in [3.63, 3.8) is 0 Å². The highest BCUT2D eigenvalue weighted by atomic mass is 32.2. The molecule has 4 nitrogen and oxygen atoms in total. The van der Waals surface area contributed by atoms with E-state index in [-0.39, 0.29) is 22.2 Å². The molecule has 1 N–H and O–H groups in total. The Hall–Kier alpha value is -1.12. The van der Waals surface area contributed by atoms with Gasteiger partial charge in [0.25, 0.3) is 0 Å². The Kier molecular flexibility index (Phi) is 4.36. The molecular formula is C12H15F3N2O2S. The molecule has 1 aliphatic heterocycles. The van der Waals surface area contributed by atoms with Crippen molar-refractivity contribution >= 4 is 10.0 Å². The van der Waals surface area contributed by atoms with Gasteiger partial charge in [0.1, 0.15) is 0 Å². The minimum Gasteiger partial charge on any atom is -0.315 e. The van der Waals surface area contributed by atoms with Crippen LogP contribution < -0.4 is 5.32 Å². The Morgan fingerprint density at radius 3 is 2.35 bits per heavy atom. The lowest BCUT2D eigenvalue weighted by molar-refractivity contribution is -0.222. The molecule has 0 saturated carbocycles. The third-order valence-electron chi connectivity index (χ3n) is 3.15. The smallest absolute Gasteiger partial charge is 0.315 e. The van der Waals surface area contributed by atoms with E-state index >= 15 is 0 Å². The standard InChI is InChI=1S/C12H15F3N2O2S/c13-12(14,15)17(10-5-4-8-16-9-10)20(18,19)11-6-2-1-3-7-11/h1-3,6-7,10,16H,4-5,8-9H2. The van der Waals surface area contributed by atoms with Crippen LogP contribution in [0.25, 0.3) is 0 Å². The van der Waals surface area contributed by atoms with Crippen molar-refractivity contribution in [2.45, 2.75) is 30.1 Å². The first kappa shape index (κ1) is 15.3. The van der Waals surface area contributed by atoms with Crippen LogP contribution in [0.5, 0.6) is 0 Å². The lowest BCUT2D eigenvalue weighted by Gasteiger charge is -2.34. The molecule has 20 heavy (non-hydrogen) atoms. The minimum atomic E-state index is -4.93. The second-order valence-corrected chi connectivity index (χ2v) is 6.40. The minimum absolute atomic E-state index is 0.00553. The molecule has 1 aromatic rings. The number of alkyl halides is 3.